The maximum atomic E-state index is 2.60. The number of hydrogen-bond donors (Lipinski definition) is 0. The zero-order chi connectivity index (χ0) is 55.0. The van der Waals surface area contributed by atoms with E-state index in [1.807, 2.05) is 0 Å². The minimum Gasteiger partial charge on any atom is -0.311 e. The minimum atomic E-state index is -0.214. The predicted molar refractivity (Wildman–Crippen MR) is 348 cm³/mol. The third-order valence-corrected chi connectivity index (χ3v) is 16.7. The Balaban J connectivity index is 1.15. The van der Waals surface area contributed by atoms with E-state index in [0.29, 0.717) is 0 Å². The molecule has 82 heavy (non-hydrogen) atoms. The summed E-state index contributed by atoms with van der Waals surface area (Å²) in [5.74, 6) is 0. The number of hydrogen-bond acceptors (Lipinski definition) is 5. The Morgan fingerprint density at radius 1 is 0.256 bits per heavy atom. The Labute approximate surface area is 481 Å². The van der Waals surface area contributed by atoms with E-state index >= 15 is 0 Å². The van der Waals surface area contributed by atoms with Gasteiger partial charge in [0.1, 0.15) is 0 Å². The van der Waals surface area contributed by atoms with Gasteiger partial charge in [-0.1, -0.05) is 186 Å². The van der Waals surface area contributed by atoms with Gasteiger partial charge in [-0.2, -0.15) is 0 Å². The molecule has 0 bridgehead atoms. The van der Waals surface area contributed by atoms with Crippen LogP contribution in [0.3, 0.4) is 0 Å². The van der Waals surface area contributed by atoms with Crippen LogP contribution in [0.25, 0.3) is 22.3 Å². The molecule has 0 amide bonds. The smallest absolute Gasteiger partial charge is 0.257 e. The number of para-hydroxylation sites is 3. The molecular weight excluding hydrogens is 994 g/mol. The van der Waals surface area contributed by atoms with Gasteiger partial charge in [0.05, 0.1) is 22.7 Å². The second-order valence-corrected chi connectivity index (χ2v) is 22.1. The molecule has 3 heterocycles. The molecule has 15 rings (SSSR count). The fourth-order valence-corrected chi connectivity index (χ4v) is 12.9. The molecule has 0 radical (unpaired) electrons. The van der Waals surface area contributed by atoms with E-state index in [4.69, 9.17) is 0 Å². The summed E-state index contributed by atoms with van der Waals surface area (Å²) in [6, 6.07) is 104. The predicted octanol–water partition coefficient (Wildman–Crippen LogP) is 19.1. The Hall–Kier alpha value is -10.3. The van der Waals surface area contributed by atoms with E-state index in [9.17, 15) is 0 Å². The van der Waals surface area contributed by atoms with Gasteiger partial charge in [0.15, 0.2) is 0 Å². The number of benzene rings is 12. The molecule has 0 unspecified atom stereocenters. The van der Waals surface area contributed by atoms with Crippen molar-refractivity contribution in [3.8, 4) is 22.3 Å². The van der Waals surface area contributed by atoms with Crippen molar-refractivity contribution in [3.63, 3.8) is 0 Å². The lowest BCUT2D eigenvalue weighted by Crippen LogP contribution is -2.65. The van der Waals surface area contributed by atoms with Gasteiger partial charge < -0.3 is 24.5 Å². The number of aryl methyl sites for hydroxylation is 4. The number of rotatable bonds is 11. The summed E-state index contributed by atoms with van der Waals surface area (Å²) < 4.78 is 0. The molecule has 0 aromatic heterocycles. The van der Waals surface area contributed by atoms with E-state index in [1.54, 1.807) is 0 Å². The topological polar surface area (TPSA) is 16.2 Å². The number of anilines is 15. The van der Waals surface area contributed by atoms with Crippen LogP contribution in [0.2, 0.25) is 0 Å². The van der Waals surface area contributed by atoms with Crippen molar-refractivity contribution < 1.29 is 0 Å². The van der Waals surface area contributed by atoms with Crippen LogP contribution in [-0.4, -0.2) is 6.71 Å². The third-order valence-electron chi connectivity index (χ3n) is 16.7. The van der Waals surface area contributed by atoms with E-state index in [1.165, 1.54) is 61.1 Å². The Kier molecular flexibility index (Phi) is 11.8. The molecule has 0 spiro atoms. The highest BCUT2D eigenvalue weighted by Gasteiger charge is 2.52. The molecule has 3 aliphatic rings. The van der Waals surface area contributed by atoms with Crippen LogP contribution in [0.1, 0.15) is 22.3 Å². The van der Waals surface area contributed by atoms with Crippen LogP contribution in [0.15, 0.2) is 279 Å². The molecule has 5 nitrogen and oxygen atoms in total. The molecule has 12 aromatic carbocycles. The van der Waals surface area contributed by atoms with Crippen molar-refractivity contribution in [1.82, 2.24) is 0 Å². The van der Waals surface area contributed by atoms with Crippen molar-refractivity contribution in [1.29, 1.82) is 0 Å². The zero-order valence-corrected chi connectivity index (χ0v) is 46.4. The normalized spacial score (nSPS) is 12.5. The van der Waals surface area contributed by atoms with Gasteiger partial charge in [-0.25, -0.2) is 0 Å². The lowest BCUT2D eigenvalue weighted by atomic mass is 9.31. The van der Waals surface area contributed by atoms with Gasteiger partial charge >= 0.3 is 0 Å². The molecule has 0 atom stereocenters. The largest absolute Gasteiger partial charge is 0.311 e. The monoisotopic (exact) mass is 1050 g/mol. The molecule has 0 fully saturated rings. The quantitative estimate of drug-likeness (QED) is 0.120. The molecule has 0 saturated carbocycles. The average Bonchev–Trinajstić information content (AvgIpc) is 0.754. The fourth-order valence-electron chi connectivity index (χ4n) is 12.9. The Morgan fingerprint density at radius 3 is 0.829 bits per heavy atom. The fraction of sp³-hybridized carbons (Fsp3) is 0.0526. The van der Waals surface area contributed by atoms with Gasteiger partial charge in [0.2, 0.25) is 0 Å². The van der Waals surface area contributed by atoms with Crippen LogP contribution in [0.4, 0.5) is 85.3 Å². The highest BCUT2D eigenvalue weighted by Crippen LogP contribution is 2.57. The molecule has 0 N–H and O–H groups in total. The lowest BCUT2D eigenvalue weighted by Gasteiger charge is -2.51. The first kappa shape index (κ1) is 48.8. The van der Waals surface area contributed by atoms with Crippen molar-refractivity contribution in [2.75, 3.05) is 24.5 Å². The van der Waals surface area contributed by atoms with Crippen molar-refractivity contribution in [2.24, 2.45) is 0 Å². The molecule has 0 saturated heterocycles. The van der Waals surface area contributed by atoms with E-state index in [2.05, 4.69) is 331 Å². The van der Waals surface area contributed by atoms with Crippen molar-refractivity contribution in [3.05, 3.63) is 301 Å². The SMILES string of the molecule is Cc1ccc(N(c2ccc(C)cc2)c2cc3c4c(c2)N(c2ccccc2)c2c(-c5ccccc5)cc(-c5ccccc5)c5c2B4c2c(cc(N(c4ccc(C)cc4)c4ccc(C)cc4)cc2N5c2ccccc2)N3c2ccccc2)cc1. The highest BCUT2D eigenvalue weighted by atomic mass is 15.2. The first-order chi connectivity index (χ1) is 40.3. The summed E-state index contributed by atoms with van der Waals surface area (Å²) in [4.78, 5) is 12.7. The number of nitrogens with zero attached hydrogens (tertiary/aromatic N) is 5. The Bertz CT molecular complexity index is 4000. The molecule has 0 aliphatic carbocycles. The summed E-state index contributed by atoms with van der Waals surface area (Å²) in [6.07, 6.45) is 0. The maximum absolute atomic E-state index is 2.60. The minimum absolute atomic E-state index is 0.214. The van der Waals surface area contributed by atoms with Crippen LogP contribution >= 0.6 is 0 Å². The van der Waals surface area contributed by atoms with Crippen LogP contribution in [0, 0.1) is 27.7 Å². The lowest BCUT2D eigenvalue weighted by molar-refractivity contribution is 1.19. The van der Waals surface area contributed by atoms with Gasteiger partial charge in [0, 0.05) is 73.7 Å². The second kappa shape index (κ2) is 19.8. The summed E-state index contributed by atoms with van der Waals surface area (Å²) >= 11 is 0. The molecular formula is C76H58BN5. The molecule has 12 aromatic rings. The molecule has 3 aliphatic heterocycles. The first-order valence-corrected chi connectivity index (χ1v) is 28.4. The van der Waals surface area contributed by atoms with Crippen LogP contribution < -0.4 is 40.9 Å². The van der Waals surface area contributed by atoms with Crippen LogP contribution in [-0.2, 0) is 0 Å². The zero-order valence-electron chi connectivity index (χ0n) is 46.4. The van der Waals surface area contributed by atoms with Crippen molar-refractivity contribution in [2.45, 2.75) is 27.7 Å². The van der Waals surface area contributed by atoms with Gasteiger partial charge in [0.25, 0.3) is 6.71 Å². The average molecular weight is 1050 g/mol. The van der Waals surface area contributed by atoms with E-state index < -0.39 is 0 Å². The molecule has 6 heteroatoms. The highest BCUT2D eigenvalue weighted by molar-refractivity contribution is 7.03. The second-order valence-electron chi connectivity index (χ2n) is 22.1. The third kappa shape index (κ3) is 8.09. The van der Waals surface area contributed by atoms with E-state index in [-0.39, 0.29) is 6.71 Å². The maximum Gasteiger partial charge on any atom is 0.257 e. The van der Waals surface area contributed by atoms with Gasteiger partial charge in [-0.05, 0) is 170 Å². The van der Waals surface area contributed by atoms with Gasteiger partial charge in [-0.15, -0.1) is 0 Å². The van der Waals surface area contributed by atoms with Gasteiger partial charge in [-0.3, -0.25) is 0 Å². The summed E-state index contributed by atoms with van der Waals surface area (Å²) in [5.41, 5.74) is 29.8. The van der Waals surface area contributed by atoms with Crippen LogP contribution in [0.5, 0.6) is 0 Å². The van der Waals surface area contributed by atoms with Crippen molar-refractivity contribution >= 4 is 108 Å². The van der Waals surface area contributed by atoms with E-state index in [0.717, 1.165) is 85.1 Å². The molecule has 390 valence electrons. The summed E-state index contributed by atoms with van der Waals surface area (Å²) in [6.45, 7) is 8.45. The standard InChI is InChI=1S/C76H58BN5/c1-51-30-38-60(39-31-51)78(61-40-32-52(2)33-41-61)64-46-68-72-70(48-64)81(58-26-16-8-17-27-58)75-66(55-20-10-5-11-21-55)50-67(56-22-12-6-13-23-56)76-74(75)77(72)73-69(80(68)57-24-14-7-15-25-57)47-65(49-71(73)82(76)59-28-18-9-19-29-59)79(62-42-34-53(3)35-43-62)63-44-36-54(4)37-45-63/h5-50H,1-4H3. The summed E-state index contributed by atoms with van der Waals surface area (Å²) in [7, 11) is 0. The summed E-state index contributed by atoms with van der Waals surface area (Å²) in [5, 5.41) is 0. The first-order valence-electron chi connectivity index (χ1n) is 28.4. The Morgan fingerprint density at radius 2 is 0.524 bits per heavy atom.